The fourth-order valence-electron chi connectivity index (χ4n) is 3.88. The van der Waals surface area contributed by atoms with E-state index in [1.54, 1.807) is 6.07 Å². The monoisotopic (exact) mass is 308 g/mol. The molecule has 3 atom stereocenters. The van der Waals surface area contributed by atoms with E-state index in [2.05, 4.69) is 60.7 Å². The lowest BCUT2D eigenvalue weighted by atomic mass is 9.77. The minimum absolute atomic E-state index is 0.154. The first-order chi connectivity index (χ1) is 11.1. The van der Waals surface area contributed by atoms with Crippen LogP contribution in [0.3, 0.4) is 0 Å². The molecule has 0 saturated carbocycles. The molecular weight excluding hydrogens is 287 g/mol. The summed E-state index contributed by atoms with van der Waals surface area (Å²) in [6.07, 6.45) is 5.51. The molecule has 2 aromatic carbocycles. The molecular formula is C20H21FN2. The van der Waals surface area contributed by atoms with E-state index in [1.807, 2.05) is 6.07 Å². The molecule has 2 aliphatic rings. The Kier molecular flexibility index (Phi) is 3.37. The normalized spacial score (nSPS) is 24.7. The Hall–Kier alpha value is -2.29. The van der Waals surface area contributed by atoms with Gasteiger partial charge < -0.3 is 10.2 Å². The number of hydrogen-bond donors (Lipinski definition) is 1. The third-order valence-electron chi connectivity index (χ3n) is 5.09. The van der Waals surface area contributed by atoms with Crippen molar-refractivity contribution in [3.63, 3.8) is 0 Å². The van der Waals surface area contributed by atoms with Crippen molar-refractivity contribution in [2.24, 2.45) is 5.92 Å². The number of nitrogens with one attached hydrogen (secondary N) is 1. The molecule has 4 rings (SSSR count). The van der Waals surface area contributed by atoms with Crippen LogP contribution in [0.2, 0.25) is 0 Å². The van der Waals surface area contributed by atoms with Gasteiger partial charge in [0.15, 0.2) is 0 Å². The van der Waals surface area contributed by atoms with Crippen molar-refractivity contribution < 1.29 is 4.39 Å². The fourth-order valence-corrected chi connectivity index (χ4v) is 3.88. The Labute approximate surface area is 136 Å². The molecule has 3 heteroatoms. The molecule has 0 saturated heterocycles. The van der Waals surface area contributed by atoms with Crippen molar-refractivity contribution >= 4 is 11.4 Å². The van der Waals surface area contributed by atoms with Gasteiger partial charge in [0.2, 0.25) is 0 Å². The van der Waals surface area contributed by atoms with E-state index < -0.39 is 0 Å². The Bertz CT molecular complexity index is 749. The second-order valence-electron chi connectivity index (χ2n) is 6.69. The first kappa shape index (κ1) is 14.3. The van der Waals surface area contributed by atoms with Crippen LogP contribution in [-0.2, 0) is 0 Å². The molecule has 3 unspecified atom stereocenters. The molecule has 1 heterocycles. The van der Waals surface area contributed by atoms with Crippen molar-refractivity contribution in [2.45, 2.75) is 18.4 Å². The highest BCUT2D eigenvalue weighted by atomic mass is 19.1. The lowest BCUT2D eigenvalue weighted by Crippen LogP contribution is -2.29. The molecule has 2 aromatic rings. The summed E-state index contributed by atoms with van der Waals surface area (Å²) in [7, 11) is 4.10. The number of nitrogens with zero attached hydrogens (tertiary/aromatic N) is 1. The topological polar surface area (TPSA) is 15.3 Å². The van der Waals surface area contributed by atoms with E-state index in [1.165, 1.54) is 17.3 Å². The van der Waals surface area contributed by atoms with Gasteiger partial charge in [0.05, 0.1) is 6.04 Å². The summed E-state index contributed by atoms with van der Waals surface area (Å²) >= 11 is 0. The third-order valence-corrected chi connectivity index (χ3v) is 5.09. The zero-order valence-electron chi connectivity index (χ0n) is 13.5. The lowest BCUT2D eigenvalue weighted by Gasteiger charge is -2.37. The largest absolute Gasteiger partial charge is 0.378 e. The van der Waals surface area contributed by atoms with Crippen LogP contribution in [0.4, 0.5) is 15.8 Å². The molecule has 23 heavy (non-hydrogen) atoms. The van der Waals surface area contributed by atoms with Gasteiger partial charge in [0, 0.05) is 31.4 Å². The van der Waals surface area contributed by atoms with Crippen LogP contribution in [0.25, 0.3) is 0 Å². The molecule has 1 N–H and O–H groups in total. The maximum Gasteiger partial charge on any atom is 0.123 e. The van der Waals surface area contributed by atoms with E-state index in [0.29, 0.717) is 11.8 Å². The smallest absolute Gasteiger partial charge is 0.123 e. The summed E-state index contributed by atoms with van der Waals surface area (Å²) in [5.74, 6) is 0.605. The first-order valence-electron chi connectivity index (χ1n) is 8.13. The van der Waals surface area contributed by atoms with E-state index in [9.17, 15) is 4.39 Å². The standard InChI is InChI=1S/C20H21FN2/c1-23(2)15-9-6-13(7-10-15)20-17-5-3-4-16(17)18-12-14(21)8-11-19(18)22-20/h3-4,6-12,16-17,20,22H,5H2,1-2H3. The minimum atomic E-state index is -0.154. The van der Waals surface area contributed by atoms with Crippen LogP contribution in [0, 0.1) is 11.7 Å². The molecule has 0 spiro atoms. The number of allylic oxidation sites excluding steroid dienone is 2. The van der Waals surface area contributed by atoms with Gasteiger partial charge in [0.25, 0.3) is 0 Å². The molecule has 0 amide bonds. The predicted octanol–water partition coefficient (Wildman–Crippen LogP) is 4.72. The van der Waals surface area contributed by atoms with Crippen molar-refractivity contribution in [3.05, 3.63) is 71.6 Å². The number of anilines is 2. The van der Waals surface area contributed by atoms with Gasteiger partial charge in [-0.2, -0.15) is 0 Å². The highest BCUT2D eigenvalue weighted by Gasteiger charge is 2.37. The van der Waals surface area contributed by atoms with Gasteiger partial charge in [-0.3, -0.25) is 0 Å². The zero-order valence-corrected chi connectivity index (χ0v) is 13.5. The summed E-state index contributed by atoms with van der Waals surface area (Å²) in [4.78, 5) is 2.11. The summed E-state index contributed by atoms with van der Waals surface area (Å²) in [5, 5.41) is 3.64. The lowest BCUT2D eigenvalue weighted by molar-refractivity contribution is 0.424. The summed E-state index contributed by atoms with van der Waals surface area (Å²) in [6, 6.07) is 14.1. The maximum atomic E-state index is 13.6. The molecule has 2 nitrogen and oxygen atoms in total. The zero-order chi connectivity index (χ0) is 16.0. The third kappa shape index (κ3) is 2.40. The predicted molar refractivity (Wildman–Crippen MR) is 93.5 cm³/mol. The van der Waals surface area contributed by atoms with E-state index in [-0.39, 0.29) is 11.9 Å². The molecule has 118 valence electrons. The molecule has 1 aliphatic carbocycles. The van der Waals surface area contributed by atoms with Gasteiger partial charge in [-0.15, -0.1) is 0 Å². The van der Waals surface area contributed by atoms with Gasteiger partial charge in [-0.05, 0) is 53.8 Å². The number of fused-ring (bicyclic) bond motifs is 3. The maximum absolute atomic E-state index is 13.6. The van der Waals surface area contributed by atoms with Gasteiger partial charge >= 0.3 is 0 Å². The highest BCUT2D eigenvalue weighted by Crippen LogP contribution is 2.49. The Morgan fingerprint density at radius 2 is 1.87 bits per heavy atom. The Morgan fingerprint density at radius 3 is 2.61 bits per heavy atom. The summed E-state index contributed by atoms with van der Waals surface area (Å²) < 4.78 is 13.6. The Morgan fingerprint density at radius 1 is 1.09 bits per heavy atom. The van der Waals surface area contributed by atoms with E-state index in [0.717, 1.165) is 17.7 Å². The molecule has 0 radical (unpaired) electrons. The average molecular weight is 308 g/mol. The minimum Gasteiger partial charge on any atom is -0.378 e. The highest BCUT2D eigenvalue weighted by molar-refractivity contribution is 5.60. The van der Waals surface area contributed by atoms with Crippen LogP contribution in [0.5, 0.6) is 0 Å². The van der Waals surface area contributed by atoms with Crippen molar-refractivity contribution in [1.29, 1.82) is 0 Å². The molecule has 0 bridgehead atoms. The first-order valence-corrected chi connectivity index (χ1v) is 8.13. The Balaban J connectivity index is 1.71. The van der Waals surface area contributed by atoms with Crippen LogP contribution in [0.1, 0.15) is 29.5 Å². The molecule has 1 aliphatic heterocycles. The van der Waals surface area contributed by atoms with Crippen LogP contribution in [0.15, 0.2) is 54.6 Å². The van der Waals surface area contributed by atoms with E-state index >= 15 is 0 Å². The molecule has 0 fully saturated rings. The van der Waals surface area contributed by atoms with Gasteiger partial charge in [-0.25, -0.2) is 4.39 Å². The number of halogens is 1. The van der Waals surface area contributed by atoms with E-state index in [4.69, 9.17) is 0 Å². The van der Waals surface area contributed by atoms with Crippen molar-refractivity contribution in [2.75, 3.05) is 24.3 Å². The summed E-state index contributed by atoms with van der Waals surface area (Å²) in [5.41, 5.74) is 4.64. The van der Waals surface area contributed by atoms with Crippen LogP contribution in [-0.4, -0.2) is 14.1 Å². The van der Waals surface area contributed by atoms with Crippen LogP contribution >= 0.6 is 0 Å². The van der Waals surface area contributed by atoms with Gasteiger partial charge in [-0.1, -0.05) is 24.3 Å². The van der Waals surface area contributed by atoms with Crippen LogP contribution < -0.4 is 10.2 Å². The average Bonchev–Trinajstić information content (AvgIpc) is 3.04. The number of hydrogen-bond acceptors (Lipinski definition) is 2. The van der Waals surface area contributed by atoms with Gasteiger partial charge in [0.1, 0.15) is 5.82 Å². The second-order valence-corrected chi connectivity index (χ2v) is 6.69. The number of benzene rings is 2. The van der Waals surface area contributed by atoms with Crippen molar-refractivity contribution in [1.82, 2.24) is 0 Å². The van der Waals surface area contributed by atoms with Crippen molar-refractivity contribution in [3.8, 4) is 0 Å². The molecule has 0 aromatic heterocycles. The second kappa shape index (κ2) is 5.41. The number of rotatable bonds is 2. The SMILES string of the molecule is CN(C)c1ccc(C2Nc3ccc(F)cc3C3C=CCC32)cc1. The fraction of sp³-hybridized carbons (Fsp3) is 0.300. The quantitative estimate of drug-likeness (QED) is 0.808. The summed E-state index contributed by atoms with van der Waals surface area (Å²) in [6.45, 7) is 0.